The molecule has 1 fully saturated rings. The Bertz CT molecular complexity index is 1490. The number of benzene rings is 2. The molecule has 4 aromatic rings. The van der Waals surface area contributed by atoms with Gasteiger partial charge in [-0.1, -0.05) is 29.4 Å². The summed E-state index contributed by atoms with van der Waals surface area (Å²) in [6.45, 7) is 0.597. The van der Waals surface area contributed by atoms with Gasteiger partial charge in [-0.3, -0.25) is 24.1 Å². The van der Waals surface area contributed by atoms with Gasteiger partial charge in [0, 0.05) is 23.9 Å². The summed E-state index contributed by atoms with van der Waals surface area (Å²) in [6.07, 6.45) is 6.81. The summed E-state index contributed by atoms with van der Waals surface area (Å²) in [6, 6.07) is 17.4. The Morgan fingerprint density at radius 2 is 1.55 bits per heavy atom. The molecule has 1 aliphatic carbocycles. The topological polar surface area (TPSA) is 161 Å². The van der Waals surface area contributed by atoms with Gasteiger partial charge in [0.1, 0.15) is 0 Å². The van der Waals surface area contributed by atoms with Crippen molar-refractivity contribution in [2.45, 2.75) is 38.1 Å². The van der Waals surface area contributed by atoms with Crippen LogP contribution in [0.3, 0.4) is 0 Å². The fraction of sp³-hybridized carbons (Fsp3) is 0.300. The maximum Gasteiger partial charge on any atom is 0.439 e. The largest absolute Gasteiger partial charge is 0.439 e. The van der Waals surface area contributed by atoms with Crippen LogP contribution in [0.1, 0.15) is 31.2 Å². The SMILES string of the molecule is NCC1CCC(C(=O)N(C(=O)[C@@H](N)Cc2ccc(-c3ccncc3)cc2)c2ccc(-c3noc(=O)[nH]3)cc2)CC1. The van der Waals surface area contributed by atoms with Crippen molar-refractivity contribution in [2.75, 3.05) is 11.4 Å². The molecule has 0 bridgehead atoms. The quantitative estimate of drug-likeness (QED) is 0.307. The van der Waals surface area contributed by atoms with E-state index in [-0.39, 0.29) is 24.1 Å². The van der Waals surface area contributed by atoms with E-state index in [1.165, 1.54) is 4.90 Å². The molecule has 5 rings (SSSR count). The molecule has 5 N–H and O–H groups in total. The molecule has 0 spiro atoms. The average Bonchev–Trinajstić information content (AvgIpc) is 3.44. The smallest absolute Gasteiger partial charge is 0.330 e. The van der Waals surface area contributed by atoms with E-state index in [0.29, 0.717) is 36.6 Å². The van der Waals surface area contributed by atoms with Crippen LogP contribution in [0.5, 0.6) is 0 Å². The number of hydrogen-bond acceptors (Lipinski definition) is 8. The van der Waals surface area contributed by atoms with Gasteiger partial charge in [0.2, 0.25) is 5.91 Å². The molecule has 1 saturated carbocycles. The summed E-state index contributed by atoms with van der Waals surface area (Å²) in [7, 11) is 0. The third kappa shape index (κ3) is 6.08. The van der Waals surface area contributed by atoms with Crippen LogP contribution in [-0.4, -0.2) is 39.5 Å². The molecule has 10 nitrogen and oxygen atoms in total. The highest BCUT2D eigenvalue weighted by atomic mass is 16.5. The van der Waals surface area contributed by atoms with Crippen molar-refractivity contribution in [3.8, 4) is 22.5 Å². The molecule has 206 valence electrons. The van der Waals surface area contributed by atoms with Crippen molar-refractivity contribution in [3.63, 3.8) is 0 Å². The van der Waals surface area contributed by atoms with E-state index in [0.717, 1.165) is 29.5 Å². The number of nitrogens with zero attached hydrogens (tertiary/aromatic N) is 3. The van der Waals surface area contributed by atoms with Crippen molar-refractivity contribution >= 4 is 17.5 Å². The van der Waals surface area contributed by atoms with Crippen LogP contribution in [0.25, 0.3) is 22.5 Å². The van der Waals surface area contributed by atoms with Gasteiger partial charge in [-0.15, -0.1) is 0 Å². The Morgan fingerprint density at radius 3 is 2.15 bits per heavy atom. The van der Waals surface area contributed by atoms with Crippen LogP contribution < -0.4 is 22.1 Å². The van der Waals surface area contributed by atoms with E-state index < -0.39 is 17.7 Å². The van der Waals surface area contributed by atoms with Crippen molar-refractivity contribution in [3.05, 3.63) is 89.2 Å². The normalized spacial score (nSPS) is 17.8. The van der Waals surface area contributed by atoms with Gasteiger partial charge in [0.15, 0.2) is 5.82 Å². The summed E-state index contributed by atoms with van der Waals surface area (Å²) in [5.74, 6) is -1.02. The van der Waals surface area contributed by atoms with Crippen LogP contribution in [0.15, 0.2) is 82.4 Å². The van der Waals surface area contributed by atoms with Crippen LogP contribution in [-0.2, 0) is 16.0 Å². The number of rotatable bonds is 8. The van der Waals surface area contributed by atoms with Gasteiger partial charge in [-0.05, 0) is 97.7 Å². The molecule has 1 aliphatic rings. The molecule has 2 heterocycles. The standard InChI is InChI=1S/C30H32N6O4/c31-18-20-3-7-24(8-4-20)28(37)36(25-11-9-23(10-12-25)27-34-30(39)40-35-27)29(38)26(32)17-19-1-5-21(6-2-19)22-13-15-33-16-14-22/h1-2,5-6,9-16,20,24,26H,3-4,7-8,17-18,31-32H2,(H,34,35,39)/t20?,24?,26-/m0/s1. The molecule has 0 aliphatic heterocycles. The molecular weight excluding hydrogens is 508 g/mol. The minimum Gasteiger partial charge on any atom is -0.330 e. The van der Waals surface area contributed by atoms with Gasteiger partial charge in [0.25, 0.3) is 5.91 Å². The van der Waals surface area contributed by atoms with E-state index in [9.17, 15) is 14.4 Å². The summed E-state index contributed by atoms with van der Waals surface area (Å²) in [4.78, 5) is 46.7. The molecule has 2 aromatic heterocycles. The average molecular weight is 541 g/mol. The van der Waals surface area contributed by atoms with E-state index in [1.54, 1.807) is 36.7 Å². The third-order valence-electron chi connectivity index (χ3n) is 7.55. The van der Waals surface area contributed by atoms with E-state index in [4.69, 9.17) is 11.5 Å². The molecule has 2 amide bonds. The monoisotopic (exact) mass is 540 g/mol. The van der Waals surface area contributed by atoms with Crippen LogP contribution in [0.2, 0.25) is 0 Å². The van der Waals surface area contributed by atoms with Crippen molar-refractivity contribution in [1.82, 2.24) is 15.1 Å². The van der Waals surface area contributed by atoms with E-state index in [2.05, 4.69) is 19.6 Å². The third-order valence-corrected chi connectivity index (χ3v) is 7.55. The fourth-order valence-corrected chi connectivity index (χ4v) is 5.20. The van der Waals surface area contributed by atoms with Crippen molar-refractivity contribution < 1.29 is 14.1 Å². The lowest BCUT2D eigenvalue weighted by atomic mass is 9.81. The Morgan fingerprint density at radius 1 is 0.925 bits per heavy atom. The van der Waals surface area contributed by atoms with Crippen LogP contribution in [0.4, 0.5) is 5.69 Å². The number of anilines is 1. The predicted molar refractivity (Wildman–Crippen MR) is 151 cm³/mol. The zero-order valence-corrected chi connectivity index (χ0v) is 22.0. The maximum absolute atomic E-state index is 13.8. The first-order chi connectivity index (χ1) is 19.4. The van der Waals surface area contributed by atoms with Gasteiger partial charge in [-0.25, -0.2) is 9.69 Å². The Labute approximate surface area is 231 Å². The van der Waals surface area contributed by atoms with Gasteiger partial charge < -0.3 is 11.5 Å². The van der Waals surface area contributed by atoms with E-state index in [1.807, 2.05) is 36.4 Å². The fourth-order valence-electron chi connectivity index (χ4n) is 5.20. The van der Waals surface area contributed by atoms with Gasteiger partial charge >= 0.3 is 5.76 Å². The first-order valence-corrected chi connectivity index (χ1v) is 13.4. The number of aromatic amines is 1. The molecule has 10 heteroatoms. The highest BCUT2D eigenvalue weighted by Gasteiger charge is 2.35. The summed E-state index contributed by atoms with van der Waals surface area (Å²) >= 11 is 0. The van der Waals surface area contributed by atoms with Crippen molar-refractivity contribution in [2.24, 2.45) is 23.3 Å². The summed E-state index contributed by atoms with van der Waals surface area (Å²) < 4.78 is 4.58. The van der Waals surface area contributed by atoms with Gasteiger partial charge in [0.05, 0.1) is 11.7 Å². The number of imide groups is 1. The molecule has 0 radical (unpaired) electrons. The second-order valence-corrected chi connectivity index (χ2v) is 10.2. The van der Waals surface area contributed by atoms with Crippen molar-refractivity contribution in [1.29, 1.82) is 0 Å². The second kappa shape index (κ2) is 12.2. The Hall–Kier alpha value is -4.41. The minimum atomic E-state index is -0.928. The number of H-pyrrole nitrogens is 1. The Balaban J connectivity index is 1.37. The van der Waals surface area contributed by atoms with Gasteiger partial charge in [-0.2, -0.15) is 0 Å². The zero-order chi connectivity index (χ0) is 28.1. The Kier molecular flexibility index (Phi) is 8.28. The van der Waals surface area contributed by atoms with E-state index >= 15 is 0 Å². The second-order valence-electron chi connectivity index (χ2n) is 10.2. The number of pyridine rings is 1. The minimum absolute atomic E-state index is 0.257. The lowest BCUT2D eigenvalue weighted by Crippen LogP contribution is -2.50. The highest BCUT2D eigenvalue weighted by Crippen LogP contribution is 2.32. The lowest BCUT2D eigenvalue weighted by Gasteiger charge is -2.32. The number of carbonyl (C=O) groups excluding carboxylic acids is 2. The zero-order valence-electron chi connectivity index (χ0n) is 22.0. The number of carbonyl (C=O) groups is 2. The molecule has 0 saturated heterocycles. The summed E-state index contributed by atoms with van der Waals surface area (Å²) in [5, 5.41) is 3.70. The number of nitrogens with one attached hydrogen (secondary N) is 1. The first-order valence-electron chi connectivity index (χ1n) is 13.4. The predicted octanol–water partition coefficient (Wildman–Crippen LogP) is 3.29. The van der Waals surface area contributed by atoms with Crippen LogP contribution >= 0.6 is 0 Å². The van der Waals surface area contributed by atoms with Crippen LogP contribution in [0, 0.1) is 11.8 Å². The molecule has 2 aromatic carbocycles. The summed E-state index contributed by atoms with van der Waals surface area (Å²) in [5.41, 5.74) is 16.2. The lowest BCUT2D eigenvalue weighted by molar-refractivity contribution is -0.130. The number of hydrogen-bond donors (Lipinski definition) is 3. The first kappa shape index (κ1) is 27.2. The molecule has 1 atom stereocenters. The highest BCUT2D eigenvalue weighted by molar-refractivity contribution is 6.17. The maximum atomic E-state index is 13.8. The molecular formula is C30H32N6O4. The number of amides is 2. The number of aromatic nitrogens is 3. The molecule has 0 unspecified atom stereocenters. The number of nitrogens with two attached hydrogens (primary N) is 2. The molecule has 40 heavy (non-hydrogen) atoms.